The minimum Gasteiger partial charge on any atom is -0.507 e. The van der Waals surface area contributed by atoms with E-state index in [4.69, 9.17) is 0 Å². The van der Waals surface area contributed by atoms with Gasteiger partial charge in [0.2, 0.25) is 0 Å². The van der Waals surface area contributed by atoms with Crippen molar-refractivity contribution in [2.24, 2.45) is 7.05 Å². The average molecular weight is 339 g/mol. The summed E-state index contributed by atoms with van der Waals surface area (Å²) in [4.78, 5) is 14.2. The number of carbonyl (C=O) groups excluding carboxylic acids is 1. The second-order valence-corrected chi connectivity index (χ2v) is 5.83. The molecule has 0 bridgehead atoms. The molecule has 1 aromatic carbocycles. The van der Waals surface area contributed by atoms with Crippen molar-refractivity contribution in [2.75, 3.05) is 6.54 Å². The van der Waals surface area contributed by atoms with E-state index in [1.807, 2.05) is 6.20 Å². The molecule has 1 atom stereocenters. The molecule has 0 radical (unpaired) electrons. The van der Waals surface area contributed by atoms with Gasteiger partial charge in [0.25, 0.3) is 5.91 Å². The predicted molar refractivity (Wildman–Crippen MR) is 79.3 cm³/mol. The van der Waals surface area contributed by atoms with E-state index in [-0.39, 0.29) is 11.6 Å². The first-order valence-corrected chi connectivity index (χ1v) is 7.47. The molecule has 1 unspecified atom stereocenters. The Bertz CT molecular complexity index is 770. The summed E-state index contributed by atoms with van der Waals surface area (Å²) in [7, 11) is 1.77. The quantitative estimate of drug-likeness (QED) is 0.915. The van der Waals surface area contributed by atoms with E-state index in [1.165, 1.54) is 0 Å². The van der Waals surface area contributed by atoms with Crippen LogP contribution in [0.3, 0.4) is 0 Å². The van der Waals surface area contributed by atoms with Crippen LogP contribution in [0.15, 0.2) is 30.6 Å². The molecular weight excluding hydrogens is 323 g/mol. The van der Waals surface area contributed by atoms with Crippen molar-refractivity contribution in [2.45, 2.75) is 25.1 Å². The smallest absolute Gasteiger partial charge is 0.416 e. The van der Waals surface area contributed by atoms with Crippen LogP contribution in [0, 0.1) is 0 Å². The highest BCUT2D eigenvalue weighted by Gasteiger charge is 2.35. The van der Waals surface area contributed by atoms with Crippen LogP contribution < -0.4 is 0 Å². The first-order valence-electron chi connectivity index (χ1n) is 7.47. The summed E-state index contributed by atoms with van der Waals surface area (Å²) < 4.78 is 39.6. The van der Waals surface area contributed by atoms with E-state index >= 15 is 0 Å². The van der Waals surface area contributed by atoms with Gasteiger partial charge in [-0.25, -0.2) is 0 Å². The molecule has 128 valence electrons. The third-order valence-electron chi connectivity index (χ3n) is 4.18. The lowest BCUT2D eigenvalue weighted by Gasteiger charge is -2.24. The summed E-state index contributed by atoms with van der Waals surface area (Å²) in [5.74, 6) is -1.14. The molecule has 1 saturated heterocycles. The molecule has 3 rings (SSSR count). The number of hydrogen-bond donors (Lipinski definition) is 1. The topological polar surface area (TPSA) is 58.4 Å². The number of benzene rings is 1. The van der Waals surface area contributed by atoms with E-state index in [2.05, 4.69) is 5.10 Å². The summed E-state index contributed by atoms with van der Waals surface area (Å²) in [5, 5.41) is 14.0. The van der Waals surface area contributed by atoms with Crippen molar-refractivity contribution >= 4 is 5.91 Å². The molecule has 1 N–H and O–H groups in total. The lowest BCUT2D eigenvalue weighted by Crippen LogP contribution is -2.30. The largest absolute Gasteiger partial charge is 0.507 e. The van der Waals surface area contributed by atoms with Crippen molar-refractivity contribution < 1.29 is 23.1 Å². The minimum absolute atomic E-state index is 0.126. The van der Waals surface area contributed by atoms with Crippen LogP contribution in [0.25, 0.3) is 0 Å². The highest BCUT2D eigenvalue weighted by Crippen LogP contribution is 2.36. The maximum atomic E-state index is 12.7. The third kappa shape index (κ3) is 2.95. The monoisotopic (exact) mass is 339 g/mol. The molecule has 24 heavy (non-hydrogen) atoms. The molecule has 2 aromatic rings. The average Bonchev–Trinajstić information content (AvgIpc) is 3.13. The number of amides is 1. The number of phenols is 1. The molecule has 8 heteroatoms. The van der Waals surface area contributed by atoms with Crippen molar-refractivity contribution in [1.82, 2.24) is 14.7 Å². The van der Waals surface area contributed by atoms with Gasteiger partial charge >= 0.3 is 6.18 Å². The fourth-order valence-corrected chi connectivity index (χ4v) is 3.01. The number of alkyl halides is 3. The number of hydrogen-bond acceptors (Lipinski definition) is 3. The van der Waals surface area contributed by atoms with Crippen molar-refractivity contribution in [3.05, 3.63) is 47.3 Å². The summed E-state index contributed by atoms with van der Waals surface area (Å²) in [5.41, 5.74) is -0.240. The summed E-state index contributed by atoms with van der Waals surface area (Å²) in [6.45, 7) is 0.485. The van der Waals surface area contributed by atoms with Gasteiger partial charge in [0, 0.05) is 25.4 Å². The van der Waals surface area contributed by atoms with Crippen LogP contribution in [0.5, 0.6) is 5.75 Å². The molecule has 1 fully saturated rings. The number of carbonyl (C=O) groups is 1. The van der Waals surface area contributed by atoms with Gasteiger partial charge in [0.05, 0.1) is 23.4 Å². The molecule has 1 aromatic heterocycles. The van der Waals surface area contributed by atoms with Crippen molar-refractivity contribution in [3.8, 4) is 5.75 Å². The van der Waals surface area contributed by atoms with Crippen molar-refractivity contribution in [1.29, 1.82) is 0 Å². The number of aromatic nitrogens is 2. The van der Waals surface area contributed by atoms with E-state index in [0.717, 1.165) is 30.5 Å². The molecule has 5 nitrogen and oxygen atoms in total. The van der Waals surface area contributed by atoms with Gasteiger partial charge in [-0.15, -0.1) is 0 Å². The second kappa shape index (κ2) is 5.85. The highest BCUT2D eigenvalue weighted by molar-refractivity contribution is 5.97. The Morgan fingerprint density at radius 1 is 1.38 bits per heavy atom. The molecule has 0 saturated carbocycles. The van der Waals surface area contributed by atoms with Crippen LogP contribution >= 0.6 is 0 Å². The number of nitrogens with zero attached hydrogens (tertiary/aromatic N) is 3. The number of rotatable bonds is 2. The lowest BCUT2D eigenvalue weighted by molar-refractivity contribution is -0.137. The van der Waals surface area contributed by atoms with Gasteiger partial charge in [0.15, 0.2) is 0 Å². The zero-order valence-corrected chi connectivity index (χ0v) is 12.9. The third-order valence-corrected chi connectivity index (χ3v) is 4.18. The van der Waals surface area contributed by atoms with Gasteiger partial charge in [-0.3, -0.25) is 9.48 Å². The van der Waals surface area contributed by atoms with Crippen LogP contribution in [0.2, 0.25) is 0 Å². The second-order valence-electron chi connectivity index (χ2n) is 5.83. The number of aryl methyl sites for hydroxylation is 1. The minimum atomic E-state index is -4.56. The van der Waals surface area contributed by atoms with E-state index in [9.17, 15) is 23.1 Å². The standard InChI is InChI=1S/C16H16F3N3O2/c1-21-9-10(8-20-21)13-3-2-6-22(13)15(24)12-5-4-11(7-14(12)23)16(17,18)19/h4-5,7-9,13,23H,2-3,6H2,1H3. The summed E-state index contributed by atoms with van der Waals surface area (Å²) in [6.07, 6.45) is 0.447. The van der Waals surface area contributed by atoms with Gasteiger partial charge in [-0.2, -0.15) is 18.3 Å². The van der Waals surface area contributed by atoms with Gasteiger partial charge in [0.1, 0.15) is 5.75 Å². The van der Waals surface area contributed by atoms with Crippen LogP contribution in [0.4, 0.5) is 13.2 Å². The molecule has 0 spiro atoms. The molecule has 1 amide bonds. The molecule has 0 aliphatic carbocycles. The first-order chi connectivity index (χ1) is 11.3. The Hall–Kier alpha value is -2.51. The van der Waals surface area contributed by atoms with E-state index in [0.29, 0.717) is 12.6 Å². The normalized spacial score (nSPS) is 18.2. The number of aromatic hydroxyl groups is 1. The van der Waals surface area contributed by atoms with Gasteiger partial charge in [-0.1, -0.05) is 0 Å². The lowest BCUT2D eigenvalue weighted by atomic mass is 10.1. The predicted octanol–water partition coefficient (Wildman–Crippen LogP) is 3.12. The number of halogens is 3. The Balaban J connectivity index is 1.88. The van der Waals surface area contributed by atoms with Crippen molar-refractivity contribution in [3.63, 3.8) is 0 Å². The molecule has 2 heterocycles. The highest BCUT2D eigenvalue weighted by atomic mass is 19.4. The SMILES string of the molecule is Cn1cc(C2CCCN2C(=O)c2ccc(C(F)(F)F)cc2O)cn1. The summed E-state index contributed by atoms with van der Waals surface area (Å²) in [6, 6.07) is 2.23. The fourth-order valence-electron chi connectivity index (χ4n) is 3.01. The molecule has 1 aliphatic rings. The molecule has 1 aliphatic heterocycles. The van der Waals surface area contributed by atoms with Crippen LogP contribution in [-0.2, 0) is 13.2 Å². The molecular formula is C16H16F3N3O2. The first kappa shape index (κ1) is 16.4. The Labute approximate surface area is 136 Å². The zero-order valence-electron chi connectivity index (χ0n) is 12.9. The van der Waals surface area contributed by atoms with Crippen LogP contribution in [0.1, 0.15) is 40.4 Å². The maximum absolute atomic E-state index is 12.7. The maximum Gasteiger partial charge on any atom is 0.416 e. The van der Waals surface area contributed by atoms with Gasteiger partial charge in [-0.05, 0) is 31.0 Å². The number of likely N-dealkylation sites (tertiary alicyclic amines) is 1. The van der Waals surface area contributed by atoms with E-state index in [1.54, 1.807) is 22.8 Å². The zero-order chi connectivity index (χ0) is 17.5. The van der Waals surface area contributed by atoms with Gasteiger partial charge < -0.3 is 10.0 Å². The summed E-state index contributed by atoms with van der Waals surface area (Å²) >= 11 is 0. The Kier molecular flexibility index (Phi) is 3.98. The Morgan fingerprint density at radius 2 is 2.12 bits per heavy atom. The Morgan fingerprint density at radius 3 is 2.71 bits per heavy atom. The van der Waals surface area contributed by atoms with E-state index < -0.39 is 23.4 Å². The van der Waals surface area contributed by atoms with Crippen LogP contribution in [-0.4, -0.2) is 32.2 Å². The fraction of sp³-hybridized carbons (Fsp3) is 0.375. The number of phenolic OH excluding ortho intramolecular Hbond substituents is 1.